The molecular formula is C19H20N2O3. The van der Waals surface area contributed by atoms with Gasteiger partial charge in [-0.15, -0.1) is 0 Å². The highest BCUT2D eigenvalue weighted by molar-refractivity contribution is 6.10. The Morgan fingerprint density at radius 2 is 2.04 bits per heavy atom. The molecule has 3 rings (SSSR count). The maximum atomic E-state index is 13.0. The lowest BCUT2D eigenvalue weighted by atomic mass is 10.1. The van der Waals surface area contributed by atoms with Crippen LogP contribution in [-0.4, -0.2) is 25.0 Å². The molecule has 5 nitrogen and oxygen atoms in total. The number of carbonyl (C=O) groups excluding carboxylic acids is 2. The van der Waals surface area contributed by atoms with Gasteiger partial charge < -0.3 is 15.0 Å². The zero-order chi connectivity index (χ0) is 16.9. The summed E-state index contributed by atoms with van der Waals surface area (Å²) in [6.45, 7) is 3.00. The molecule has 2 aromatic rings. The number of ether oxygens (including phenoxy) is 1. The molecule has 0 unspecified atom stereocenters. The van der Waals surface area contributed by atoms with Crippen molar-refractivity contribution in [3.8, 4) is 5.75 Å². The molecule has 0 fully saturated rings. The molecule has 0 saturated heterocycles. The van der Waals surface area contributed by atoms with Crippen molar-refractivity contribution in [2.75, 3.05) is 23.4 Å². The minimum atomic E-state index is -0.138. The molecule has 124 valence electrons. The van der Waals surface area contributed by atoms with Crippen molar-refractivity contribution in [3.05, 3.63) is 54.1 Å². The molecule has 0 atom stereocenters. The maximum absolute atomic E-state index is 13.0. The van der Waals surface area contributed by atoms with Gasteiger partial charge in [0.15, 0.2) is 0 Å². The zero-order valence-electron chi connectivity index (χ0n) is 13.6. The second-order valence-corrected chi connectivity index (χ2v) is 5.65. The summed E-state index contributed by atoms with van der Waals surface area (Å²) < 4.78 is 5.61. The lowest BCUT2D eigenvalue weighted by Gasteiger charge is -2.22. The predicted molar refractivity (Wildman–Crippen MR) is 93.6 cm³/mol. The largest absolute Gasteiger partial charge is 0.494 e. The molecule has 1 heterocycles. The second-order valence-electron chi connectivity index (χ2n) is 5.65. The number of rotatable bonds is 4. The van der Waals surface area contributed by atoms with Gasteiger partial charge in [-0.05, 0) is 36.8 Å². The van der Waals surface area contributed by atoms with Crippen molar-refractivity contribution >= 4 is 23.2 Å². The number of nitrogens with zero attached hydrogens (tertiary/aromatic N) is 1. The number of amides is 2. The Bertz CT molecular complexity index is 758. The third-order valence-corrected chi connectivity index (χ3v) is 3.83. The summed E-state index contributed by atoms with van der Waals surface area (Å²) in [6.07, 6.45) is 1.18. The molecule has 0 bridgehead atoms. The first kappa shape index (κ1) is 16.1. The van der Waals surface area contributed by atoms with Crippen molar-refractivity contribution in [1.82, 2.24) is 0 Å². The molecule has 5 heteroatoms. The van der Waals surface area contributed by atoms with Crippen LogP contribution < -0.4 is 15.0 Å². The topological polar surface area (TPSA) is 58.6 Å². The lowest BCUT2D eigenvalue weighted by Crippen LogP contribution is -2.31. The molecule has 2 aromatic carbocycles. The van der Waals surface area contributed by atoms with Crippen LogP contribution in [0.5, 0.6) is 5.75 Å². The summed E-state index contributed by atoms with van der Waals surface area (Å²) in [5, 5.41) is 2.84. The fourth-order valence-corrected chi connectivity index (χ4v) is 2.67. The Morgan fingerprint density at radius 1 is 1.21 bits per heavy atom. The van der Waals surface area contributed by atoms with Gasteiger partial charge in [0.25, 0.3) is 5.91 Å². The monoisotopic (exact) mass is 324 g/mol. The fraction of sp³-hybridized carbons (Fsp3) is 0.263. The van der Waals surface area contributed by atoms with E-state index in [1.807, 2.05) is 37.3 Å². The van der Waals surface area contributed by atoms with E-state index in [-0.39, 0.29) is 18.2 Å². The molecule has 0 spiro atoms. The standard InChI is InChI=1S/C19H20N2O3/c1-2-12-24-15-7-5-6-14(13-15)19(23)21-11-10-18(22)20-16-8-3-4-9-17(16)21/h3-9,13H,2,10-12H2,1H3,(H,20,22). The Morgan fingerprint density at radius 3 is 2.88 bits per heavy atom. The Kier molecular flexibility index (Phi) is 4.79. The Hall–Kier alpha value is -2.82. The molecule has 2 amide bonds. The first-order chi connectivity index (χ1) is 11.7. The van der Waals surface area contributed by atoms with Crippen LogP contribution in [0, 0.1) is 0 Å². The Balaban J connectivity index is 1.91. The Labute approximate surface area is 141 Å². The van der Waals surface area contributed by atoms with Crippen LogP contribution in [-0.2, 0) is 4.79 Å². The first-order valence-electron chi connectivity index (χ1n) is 8.12. The van der Waals surface area contributed by atoms with Crippen molar-refractivity contribution in [3.63, 3.8) is 0 Å². The van der Waals surface area contributed by atoms with Crippen molar-refractivity contribution in [2.45, 2.75) is 19.8 Å². The van der Waals surface area contributed by atoms with Crippen LogP contribution in [0.3, 0.4) is 0 Å². The predicted octanol–water partition coefficient (Wildman–Crippen LogP) is 3.46. The average molecular weight is 324 g/mol. The third kappa shape index (κ3) is 3.40. The van der Waals surface area contributed by atoms with E-state index in [0.29, 0.717) is 35.8 Å². The number of carbonyl (C=O) groups is 2. The van der Waals surface area contributed by atoms with E-state index >= 15 is 0 Å². The van der Waals surface area contributed by atoms with E-state index in [9.17, 15) is 9.59 Å². The van der Waals surface area contributed by atoms with Gasteiger partial charge in [0, 0.05) is 18.5 Å². The molecule has 0 aromatic heterocycles. The minimum absolute atomic E-state index is 0.0854. The van der Waals surface area contributed by atoms with E-state index in [1.165, 1.54) is 0 Å². The van der Waals surface area contributed by atoms with Gasteiger partial charge in [-0.2, -0.15) is 0 Å². The van der Waals surface area contributed by atoms with Crippen LogP contribution in [0.25, 0.3) is 0 Å². The van der Waals surface area contributed by atoms with Gasteiger partial charge in [-0.3, -0.25) is 9.59 Å². The number of para-hydroxylation sites is 2. The number of hydrogen-bond acceptors (Lipinski definition) is 3. The van der Waals surface area contributed by atoms with E-state index in [4.69, 9.17) is 4.74 Å². The van der Waals surface area contributed by atoms with Crippen LogP contribution in [0.1, 0.15) is 30.1 Å². The number of anilines is 2. The fourth-order valence-electron chi connectivity index (χ4n) is 2.67. The average Bonchev–Trinajstić information content (AvgIpc) is 2.78. The SMILES string of the molecule is CCCOc1cccc(C(=O)N2CCC(=O)Nc3ccccc32)c1. The normalized spacial score (nSPS) is 13.7. The summed E-state index contributed by atoms with van der Waals surface area (Å²) in [5.74, 6) is 0.457. The van der Waals surface area contributed by atoms with Gasteiger partial charge in [0.2, 0.25) is 5.91 Å². The number of benzene rings is 2. The van der Waals surface area contributed by atoms with Gasteiger partial charge >= 0.3 is 0 Å². The quantitative estimate of drug-likeness (QED) is 0.937. The van der Waals surface area contributed by atoms with E-state index in [1.54, 1.807) is 23.1 Å². The zero-order valence-corrected chi connectivity index (χ0v) is 13.6. The molecule has 0 saturated carbocycles. The highest BCUT2D eigenvalue weighted by Crippen LogP contribution is 2.30. The number of hydrogen-bond donors (Lipinski definition) is 1. The number of fused-ring (bicyclic) bond motifs is 1. The second kappa shape index (κ2) is 7.17. The van der Waals surface area contributed by atoms with Crippen LogP contribution >= 0.6 is 0 Å². The smallest absolute Gasteiger partial charge is 0.258 e. The van der Waals surface area contributed by atoms with Gasteiger partial charge in [-0.1, -0.05) is 25.1 Å². The lowest BCUT2D eigenvalue weighted by molar-refractivity contribution is -0.115. The summed E-state index contributed by atoms with van der Waals surface area (Å²) in [6, 6.07) is 14.5. The van der Waals surface area contributed by atoms with Crippen molar-refractivity contribution in [1.29, 1.82) is 0 Å². The van der Waals surface area contributed by atoms with Crippen molar-refractivity contribution < 1.29 is 14.3 Å². The molecular weight excluding hydrogens is 304 g/mol. The molecule has 1 aliphatic heterocycles. The molecule has 24 heavy (non-hydrogen) atoms. The summed E-state index contributed by atoms with van der Waals surface area (Å²) in [7, 11) is 0. The molecule has 1 N–H and O–H groups in total. The molecule has 1 aliphatic rings. The summed E-state index contributed by atoms with van der Waals surface area (Å²) in [4.78, 5) is 26.5. The van der Waals surface area contributed by atoms with Crippen LogP contribution in [0.2, 0.25) is 0 Å². The van der Waals surface area contributed by atoms with Crippen molar-refractivity contribution in [2.24, 2.45) is 0 Å². The number of nitrogens with one attached hydrogen (secondary N) is 1. The molecule has 0 radical (unpaired) electrons. The highest BCUT2D eigenvalue weighted by atomic mass is 16.5. The minimum Gasteiger partial charge on any atom is -0.494 e. The maximum Gasteiger partial charge on any atom is 0.258 e. The highest BCUT2D eigenvalue weighted by Gasteiger charge is 2.24. The van der Waals surface area contributed by atoms with E-state index < -0.39 is 0 Å². The third-order valence-electron chi connectivity index (χ3n) is 3.83. The van der Waals surface area contributed by atoms with Gasteiger partial charge in [0.05, 0.1) is 18.0 Å². The summed E-state index contributed by atoms with van der Waals surface area (Å²) >= 11 is 0. The van der Waals surface area contributed by atoms with E-state index in [2.05, 4.69) is 5.32 Å². The van der Waals surface area contributed by atoms with Crippen LogP contribution in [0.4, 0.5) is 11.4 Å². The van der Waals surface area contributed by atoms with E-state index in [0.717, 1.165) is 6.42 Å². The first-order valence-corrected chi connectivity index (χ1v) is 8.12. The van der Waals surface area contributed by atoms with Crippen LogP contribution in [0.15, 0.2) is 48.5 Å². The summed E-state index contributed by atoms with van der Waals surface area (Å²) in [5.41, 5.74) is 1.92. The van der Waals surface area contributed by atoms with Gasteiger partial charge in [-0.25, -0.2) is 0 Å². The molecule has 0 aliphatic carbocycles. The van der Waals surface area contributed by atoms with Gasteiger partial charge in [0.1, 0.15) is 5.75 Å².